The van der Waals surface area contributed by atoms with Crippen LogP contribution < -0.4 is 14.8 Å². The van der Waals surface area contributed by atoms with Gasteiger partial charge in [0.05, 0.1) is 17.7 Å². The lowest BCUT2D eigenvalue weighted by atomic mass is 10.1. The molecule has 0 unspecified atom stereocenters. The number of anilines is 1. The van der Waals surface area contributed by atoms with Crippen molar-refractivity contribution in [2.75, 3.05) is 31.7 Å². The molecule has 0 aliphatic carbocycles. The Balaban J connectivity index is 1.24. The molecule has 35 heavy (non-hydrogen) atoms. The lowest BCUT2D eigenvalue weighted by Gasteiger charge is -2.19. The van der Waals surface area contributed by atoms with E-state index in [-0.39, 0.29) is 18.1 Å². The van der Waals surface area contributed by atoms with Gasteiger partial charge in [-0.2, -0.15) is 0 Å². The van der Waals surface area contributed by atoms with E-state index in [2.05, 4.69) is 5.32 Å². The summed E-state index contributed by atoms with van der Waals surface area (Å²) in [6.45, 7) is 1.18. The van der Waals surface area contributed by atoms with E-state index in [1.54, 1.807) is 30.3 Å². The molecule has 1 amide bonds. The standard InChI is InChI=1S/C27H24N2O6/c30-26(28-20-7-9-24-25(15-20)35-13-12-34-24)17-33-11-10-19-16-29(21-4-2-1-3-5-21)23-8-6-18(27(31)32)14-22(19)23/h1-9,14-16H,10-13,17H2,(H,28,30)(H,31,32). The van der Waals surface area contributed by atoms with Crippen LogP contribution in [0.3, 0.4) is 0 Å². The lowest BCUT2D eigenvalue weighted by Crippen LogP contribution is -2.20. The summed E-state index contributed by atoms with van der Waals surface area (Å²) in [5.74, 6) is 0.00986. The molecule has 0 radical (unpaired) electrons. The van der Waals surface area contributed by atoms with Crippen molar-refractivity contribution in [2.45, 2.75) is 6.42 Å². The first kappa shape index (κ1) is 22.5. The number of fused-ring (bicyclic) bond motifs is 2. The molecule has 0 spiro atoms. The number of aromatic nitrogens is 1. The normalized spacial score (nSPS) is 12.5. The molecular formula is C27H24N2O6. The van der Waals surface area contributed by atoms with Crippen molar-refractivity contribution in [3.05, 3.63) is 84.1 Å². The molecule has 3 aromatic carbocycles. The van der Waals surface area contributed by atoms with Crippen molar-refractivity contribution >= 4 is 28.5 Å². The van der Waals surface area contributed by atoms with Crippen molar-refractivity contribution in [1.82, 2.24) is 4.57 Å². The molecule has 5 rings (SSSR count). The van der Waals surface area contributed by atoms with Gasteiger partial charge in [-0.25, -0.2) is 4.79 Å². The molecule has 2 heterocycles. The number of carbonyl (C=O) groups is 2. The average molecular weight is 472 g/mol. The molecule has 1 aliphatic heterocycles. The van der Waals surface area contributed by atoms with Crippen LogP contribution >= 0.6 is 0 Å². The number of amides is 1. The van der Waals surface area contributed by atoms with Gasteiger partial charge in [-0.1, -0.05) is 18.2 Å². The van der Waals surface area contributed by atoms with Crippen molar-refractivity contribution in [3.63, 3.8) is 0 Å². The largest absolute Gasteiger partial charge is 0.486 e. The average Bonchev–Trinajstić information content (AvgIpc) is 3.25. The molecule has 8 nitrogen and oxygen atoms in total. The molecule has 4 aromatic rings. The molecule has 0 saturated heterocycles. The van der Waals surface area contributed by atoms with Gasteiger partial charge in [-0.15, -0.1) is 0 Å². The number of benzene rings is 3. The number of hydrogen-bond donors (Lipinski definition) is 2. The van der Waals surface area contributed by atoms with Crippen molar-refractivity contribution in [3.8, 4) is 17.2 Å². The third-order valence-corrected chi connectivity index (χ3v) is 5.74. The summed E-state index contributed by atoms with van der Waals surface area (Å²) in [6.07, 6.45) is 2.51. The van der Waals surface area contributed by atoms with Crippen LogP contribution in [0, 0.1) is 0 Å². The van der Waals surface area contributed by atoms with Crippen LogP contribution in [0.15, 0.2) is 72.9 Å². The van der Waals surface area contributed by atoms with E-state index in [0.717, 1.165) is 22.2 Å². The fraction of sp³-hybridized carbons (Fsp3) is 0.185. The third kappa shape index (κ3) is 4.97. The summed E-state index contributed by atoms with van der Waals surface area (Å²) < 4.78 is 18.7. The fourth-order valence-corrected chi connectivity index (χ4v) is 4.10. The summed E-state index contributed by atoms with van der Waals surface area (Å²) in [7, 11) is 0. The number of rotatable bonds is 8. The van der Waals surface area contributed by atoms with E-state index in [4.69, 9.17) is 14.2 Å². The van der Waals surface area contributed by atoms with E-state index in [1.807, 2.05) is 47.2 Å². The maximum Gasteiger partial charge on any atom is 0.335 e. The van der Waals surface area contributed by atoms with Crippen LogP contribution in [-0.4, -0.2) is 48.0 Å². The second-order valence-corrected chi connectivity index (χ2v) is 8.11. The van der Waals surface area contributed by atoms with E-state index in [9.17, 15) is 14.7 Å². The van der Waals surface area contributed by atoms with Gasteiger partial charge in [-0.05, 0) is 54.4 Å². The number of aromatic carboxylic acids is 1. The highest BCUT2D eigenvalue weighted by atomic mass is 16.6. The minimum atomic E-state index is -0.975. The van der Waals surface area contributed by atoms with Crippen molar-refractivity contribution in [1.29, 1.82) is 0 Å². The number of carbonyl (C=O) groups excluding carboxylic acids is 1. The maximum atomic E-state index is 12.3. The van der Waals surface area contributed by atoms with E-state index >= 15 is 0 Å². The molecular weight excluding hydrogens is 448 g/mol. The van der Waals surface area contributed by atoms with Crippen LogP contribution in [-0.2, 0) is 16.0 Å². The van der Waals surface area contributed by atoms with Gasteiger partial charge in [0.25, 0.3) is 0 Å². The lowest BCUT2D eigenvalue weighted by molar-refractivity contribution is -0.120. The summed E-state index contributed by atoms with van der Waals surface area (Å²) in [5, 5.41) is 13.1. The number of para-hydroxylation sites is 1. The Morgan fingerprint density at radius 2 is 1.77 bits per heavy atom. The molecule has 1 aliphatic rings. The Hall–Kier alpha value is -4.30. The highest BCUT2D eigenvalue weighted by Crippen LogP contribution is 2.32. The number of nitrogens with zero attached hydrogens (tertiary/aromatic N) is 1. The zero-order valence-electron chi connectivity index (χ0n) is 18.9. The van der Waals surface area contributed by atoms with Crippen LogP contribution in [0.2, 0.25) is 0 Å². The molecule has 2 N–H and O–H groups in total. The highest BCUT2D eigenvalue weighted by molar-refractivity contribution is 5.95. The fourth-order valence-electron chi connectivity index (χ4n) is 4.10. The second-order valence-electron chi connectivity index (χ2n) is 8.11. The quantitative estimate of drug-likeness (QED) is 0.371. The van der Waals surface area contributed by atoms with Gasteiger partial charge in [-0.3, -0.25) is 4.79 Å². The van der Waals surface area contributed by atoms with Crippen molar-refractivity contribution in [2.24, 2.45) is 0 Å². The van der Waals surface area contributed by atoms with Crippen LogP contribution in [0.4, 0.5) is 5.69 Å². The molecule has 1 aromatic heterocycles. The minimum Gasteiger partial charge on any atom is -0.486 e. The molecule has 178 valence electrons. The van der Waals surface area contributed by atoms with Gasteiger partial charge in [0.2, 0.25) is 5.91 Å². The van der Waals surface area contributed by atoms with Gasteiger partial charge in [0.1, 0.15) is 19.8 Å². The Morgan fingerprint density at radius 1 is 0.971 bits per heavy atom. The Bertz CT molecular complexity index is 1380. The third-order valence-electron chi connectivity index (χ3n) is 5.74. The van der Waals surface area contributed by atoms with Crippen LogP contribution in [0.5, 0.6) is 11.5 Å². The molecule has 0 atom stereocenters. The zero-order chi connectivity index (χ0) is 24.2. The van der Waals surface area contributed by atoms with Crippen LogP contribution in [0.25, 0.3) is 16.6 Å². The number of hydrogen-bond acceptors (Lipinski definition) is 5. The highest BCUT2D eigenvalue weighted by Gasteiger charge is 2.15. The topological polar surface area (TPSA) is 99.0 Å². The first-order valence-electron chi connectivity index (χ1n) is 11.3. The Morgan fingerprint density at radius 3 is 2.57 bits per heavy atom. The first-order chi connectivity index (χ1) is 17.1. The molecule has 0 bridgehead atoms. The van der Waals surface area contributed by atoms with E-state index in [1.165, 1.54) is 0 Å². The number of carboxylic acids is 1. The van der Waals surface area contributed by atoms with E-state index in [0.29, 0.717) is 43.4 Å². The van der Waals surface area contributed by atoms with Gasteiger partial charge < -0.3 is 29.2 Å². The predicted octanol–water partition coefficient (Wildman–Crippen LogP) is 4.30. The Labute approximate surface area is 201 Å². The van der Waals surface area contributed by atoms with E-state index < -0.39 is 5.97 Å². The summed E-state index contributed by atoms with van der Waals surface area (Å²) in [6, 6.07) is 20.2. The summed E-state index contributed by atoms with van der Waals surface area (Å²) >= 11 is 0. The van der Waals surface area contributed by atoms with Crippen LogP contribution in [0.1, 0.15) is 15.9 Å². The summed E-state index contributed by atoms with van der Waals surface area (Å²) in [4.78, 5) is 23.8. The predicted molar refractivity (Wildman–Crippen MR) is 131 cm³/mol. The Kier molecular flexibility index (Phi) is 6.36. The van der Waals surface area contributed by atoms with Gasteiger partial charge >= 0.3 is 5.97 Å². The monoisotopic (exact) mass is 472 g/mol. The van der Waals surface area contributed by atoms with Gasteiger partial charge in [0, 0.05) is 29.0 Å². The maximum absolute atomic E-state index is 12.3. The number of carboxylic acid groups (broad SMARTS) is 1. The molecule has 8 heteroatoms. The molecule has 0 saturated carbocycles. The number of ether oxygens (including phenoxy) is 3. The van der Waals surface area contributed by atoms with Crippen molar-refractivity contribution < 1.29 is 28.9 Å². The molecule has 0 fully saturated rings. The van der Waals surface area contributed by atoms with Gasteiger partial charge in [0.15, 0.2) is 11.5 Å². The first-order valence-corrected chi connectivity index (χ1v) is 11.3. The minimum absolute atomic E-state index is 0.105. The smallest absolute Gasteiger partial charge is 0.335 e. The summed E-state index contributed by atoms with van der Waals surface area (Å²) in [5.41, 5.74) is 3.66. The number of nitrogens with one attached hydrogen (secondary N) is 1. The second kappa shape index (κ2) is 9.90. The SMILES string of the molecule is O=C(COCCc1cn(-c2ccccc2)c2ccc(C(=O)O)cc12)Nc1ccc2c(c1)OCCO2. The zero-order valence-corrected chi connectivity index (χ0v) is 18.9.